The van der Waals surface area contributed by atoms with E-state index < -0.39 is 21.5 Å². The van der Waals surface area contributed by atoms with E-state index in [1.807, 2.05) is 0 Å². The van der Waals surface area contributed by atoms with Gasteiger partial charge >= 0.3 is 319 Å². The first-order chi connectivity index (χ1) is 26.3. The van der Waals surface area contributed by atoms with E-state index in [2.05, 4.69) is 189 Å². The van der Waals surface area contributed by atoms with Gasteiger partial charge in [0.25, 0.3) is 0 Å². The summed E-state index contributed by atoms with van der Waals surface area (Å²) in [5, 5.41) is 12.9. The number of halogens is 1. The molecule has 0 aliphatic carbocycles. The van der Waals surface area contributed by atoms with Crippen LogP contribution in [0.2, 0.25) is 0 Å². The van der Waals surface area contributed by atoms with Gasteiger partial charge in [-0.2, -0.15) is 0 Å². The maximum atomic E-state index is 5.62. The molecule has 53 heavy (non-hydrogen) atoms. The molecule has 0 atom stereocenters. The van der Waals surface area contributed by atoms with E-state index in [4.69, 9.17) is 4.99 Å². The van der Waals surface area contributed by atoms with Crippen LogP contribution < -0.4 is 21.5 Å². The number of fused-ring (bicyclic) bond motifs is 12. The van der Waals surface area contributed by atoms with Gasteiger partial charge < -0.3 is 0 Å². The number of amidine groups is 1. The summed E-state index contributed by atoms with van der Waals surface area (Å²) in [6.07, 6.45) is 0. The number of aliphatic imine (C=N–C) groups is 1. The van der Waals surface area contributed by atoms with Gasteiger partial charge in [0, 0.05) is 0 Å². The molecule has 2 heterocycles. The molecule has 0 amide bonds. The molecule has 250 valence electrons. The Morgan fingerprint density at radius 2 is 0.981 bits per heavy atom. The second-order valence-corrected chi connectivity index (χ2v) is 16.3. The molecular weight excluding hydrogens is 757 g/mol. The van der Waals surface area contributed by atoms with Crippen molar-refractivity contribution >= 4 is 74.6 Å². The second-order valence-electron chi connectivity index (χ2n) is 13.7. The van der Waals surface area contributed by atoms with Crippen LogP contribution in [0.25, 0.3) is 76.0 Å². The van der Waals surface area contributed by atoms with Gasteiger partial charge in [-0.1, -0.05) is 0 Å². The third-order valence-electron chi connectivity index (χ3n) is 10.8. The molecule has 11 rings (SSSR count). The minimum atomic E-state index is -0.710. The second kappa shape index (κ2) is 12.2. The monoisotopic (exact) mass is 789 g/mol. The van der Waals surface area contributed by atoms with E-state index in [0.29, 0.717) is 0 Å². The maximum absolute atomic E-state index is 5.62. The number of hydrogen-bond donors (Lipinski definition) is 0. The van der Waals surface area contributed by atoms with Crippen molar-refractivity contribution in [3.05, 3.63) is 193 Å². The van der Waals surface area contributed by atoms with Crippen LogP contribution in [0.5, 0.6) is 0 Å². The van der Waals surface area contributed by atoms with Crippen LogP contribution in [0, 0.1) is 0 Å². The summed E-state index contributed by atoms with van der Waals surface area (Å²) < 4.78 is 6.20. The Hall–Kier alpha value is -6.11. The summed E-state index contributed by atoms with van der Waals surface area (Å²) in [5.74, 6) is 1.05. The predicted molar refractivity (Wildman–Crippen MR) is 219 cm³/mol. The molecule has 1 aromatic heterocycles. The topological polar surface area (TPSA) is 20.3 Å². The Labute approximate surface area is 317 Å². The fourth-order valence-corrected chi connectivity index (χ4v) is 11.2. The third-order valence-corrected chi connectivity index (χ3v) is 13.3. The SMILES string of the molecule is c1ccc(C2=[N+](Cc3ccccc3-c3ccccc3)[I-]C(n3c4ccc5ccccc5c4c4c5c6ccccc6c6ccccc6c5ccc43)=N2)cc1. The standard InChI is InChI=1S/C49H32IN3/c1-3-15-32(16-4-1)36-21-9-8-20-35(36)31-52-48(34-18-5-2-6-19-34)51-49(50-52)53-43-29-27-33-17-7-10-22-37(33)46(43)47-44(53)30-28-42-40-25-12-11-23-38(40)39-24-13-14-26-41(39)45(42)47/h1-30H,31H2. The first-order valence-electron chi connectivity index (χ1n) is 18.1. The van der Waals surface area contributed by atoms with Crippen molar-refractivity contribution in [2.45, 2.75) is 6.54 Å². The third kappa shape index (κ3) is 4.79. The van der Waals surface area contributed by atoms with Gasteiger partial charge in [-0.3, -0.25) is 0 Å². The Morgan fingerprint density at radius 1 is 0.434 bits per heavy atom. The fourth-order valence-electron chi connectivity index (χ4n) is 8.45. The van der Waals surface area contributed by atoms with Crippen molar-refractivity contribution < 1.29 is 24.3 Å². The van der Waals surface area contributed by atoms with Crippen molar-refractivity contribution in [2.24, 2.45) is 4.99 Å². The zero-order chi connectivity index (χ0) is 34.9. The van der Waals surface area contributed by atoms with Gasteiger partial charge in [0.05, 0.1) is 0 Å². The zero-order valence-corrected chi connectivity index (χ0v) is 30.9. The van der Waals surface area contributed by atoms with Gasteiger partial charge in [0.15, 0.2) is 0 Å². The van der Waals surface area contributed by atoms with Crippen LogP contribution >= 0.6 is 0 Å². The Morgan fingerprint density at radius 3 is 1.74 bits per heavy atom. The summed E-state index contributed by atoms with van der Waals surface area (Å²) in [4.78, 5) is 5.62. The number of nitrogens with zero attached hydrogens (tertiary/aromatic N) is 3. The molecule has 0 N–H and O–H groups in total. The minimum absolute atomic E-state index is 0.710. The molecule has 0 spiro atoms. The van der Waals surface area contributed by atoms with E-state index in [1.54, 1.807) is 0 Å². The molecule has 0 fully saturated rings. The zero-order valence-electron chi connectivity index (χ0n) is 28.7. The van der Waals surface area contributed by atoms with Crippen LogP contribution in [-0.2, 0) is 6.54 Å². The summed E-state index contributed by atoms with van der Waals surface area (Å²) in [7, 11) is 0. The van der Waals surface area contributed by atoms with E-state index >= 15 is 0 Å². The van der Waals surface area contributed by atoms with E-state index in [9.17, 15) is 0 Å². The fraction of sp³-hybridized carbons (Fsp3) is 0.0204. The van der Waals surface area contributed by atoms with Crippen LogP contribution in [0.15, 0.2) is 187 Å². The van der Waals surface area contributed by atoms with Crippen LogP contribution in [0.1, 0.15) is 11.1 Å². The molecule has 1 aliphatic heterocycles. The number of aromatic nitrogens is 1. The molecule has 10 aromatic rings. The first kappa shape index (κ1) is 30.5. The van der Waals surface area contributed by atoms with E-state index in [0.717, 1.165) is 21.8 Å². The normalized spacial score (nSPS) is 13.5. The van der Waals surface area contributed by atoms with Gasteiger partial charge in [0.1, 0.15) is 0 Å². The average molecular weight is 790 g/mol. The summed E-state index contributed by atoms with van der Waals surface area (Å²) in [5.41, 5.74) is 7.38. The van der Waals surface area contributed by atoms with Gasteiger partial charge in [0.2, 0.25) is 0 Å². The van der Waals surface area contributed by atoms with Crippen LogP contribution in [0.3, 0.4) is 0 Å². The average Bonchev–Trinajstić information content (AvgIpc) is 3.80. The van der Waals surface area contributed by atoms with E-state index in [-0.39, 0.29) is 0 Å². The van der Waals surface area contributed by atoms with Crippen LogP contribution in [0.4, 0.5) is 0 Å². The van der Waals surface area contributed by atoms with Crippen molar-refractivity contribution in [1.82, 2.24) is 4.57 Å². The van der Waals surface area contributed by atoms with Gasteiger partial charge in [-0.25, -0.2) is 0 Å². The van der Waals surface area contributed by atoms with Crippen molar-refractivity contribution in [3.63, 3.8) is 0 Å². The summed E-state index contributed by atoms with van der Waals surface area (Å²) in [6.45, 7) is 0.787. The molecule has 0 radical (unpaired) electrons. The molecule has 0 bridgehead atoms. The summed E-state index contributed by atoms with van der Waals surface area (Å²) >= 11 is -0.710. The molecular formula is C49H32IN3. The van der Waals surface area contributed by atoms with Crippen LogP contribution in [-0.4, -0.2) is 17.0 Å². The predicted octanol–water partition coefficient (Wildman–Crippen LogP) is 8.96. The van der Waals surface area contributed by atoms with Gasteiger partial charge in [-0.05, 0) is 0 Å². The Balaban J connectivity index is 1.19. The van der Waals surface area contributed by atoms with E-state index in [1.165, 1.54) is 81.6 Å². The van der Waals surface area contributed by atoms with Crippen molar-refractivity contribution in [2.75, 3.05) is 0 Å². The Kier molecular flexibility index (Phi) is 7.05. The van der Waals surface area contributed by atoms with Crippen molar-refractivity contribution in [3.8, 4) is 11.1 Å². The molecule has 3 nitrogen and oxygen atoms in total. The summed E-state index contributed by atoms with van der Waals surface area (Å²) in [6, 6.07) is 66.3. The quantitative estimate of drug-likeness (QED) is 0.0965. The number of rotatable bonds is 4. The molecule has 1 aliphatic rings. The van der Waals surface area contributed by atoms with Crippen molar-refractivity contribution in [1.29, 1.82) is 0 Å². The Bertz CT molecular complexity index is 3120. The first-order valence-corrected chi connectivity index (χ1v) is 20.1. The molecule has 9 aromatic carbocycles. The molecule has 4 heteroatoms. The van der Waals surface area contributed by atoms with Gasteiger partial charge in [-0.15, -0.1) is 0 Å². The molecule has 0 saturated carbocycles. The molecule has 0 unspecified atom stereocenters. The number of benzene rings is 9. The molecule has 0 saturated heterocycles. The number of hydrogen-bond acceptors (Lipinski definition) is 1.